The molecule has 1 N–H and O–H groups in total. The van der Waals surface area contributed by atoms with E-state index >= 15 is 0 Å². The number of amides is 2. The first-order valence-corrected chi connectivity index (χ1v) is 7.99. The quantitative estimate of drug-likeness (QED) is 0.840. The molecule has 6 heteroatoms. The van der Waals surface area contributed by atoms with Crippen molar-refractivity contribution in [1.29, 1.82) is 0 Å². The van der Waals surface area contributed by atoms with Crippen molar-refractivity contribution in [3.8, 4) is 0 Å². The fourth-order valence-corrected chi connectivity index (χ4v) is 3.76. The first-order chi connectivity index (χ1) is 10.1. The number of piperidine rings is 1. The van der Waals surface area contributed by atoms with Crippen molar-refractivity contribution in [2.45, 2.75) is 31.7 Å². The number of quaternary nitrogens is 1. The number of hydrogen-bond acceptors (Lipinski definition) is 2. The number of nitrogens with zero attached hydrogens (tertiary/aromatic N) is 1. The monoisotopic (exact) mass is 327 g/mol. The lowest BCUT2D eigenvalue weighted by atomic mass is 10.1. The van der Waals surface area contributed by atoms with E-state index in [1.807, 2.05) is 0 Å². The summed E-state index contributed by atoms with van der Waals surface area (Å²) in [4.78, 5) is 27.4. The standard InChI is InChI=1S/C15H16Cl2N2O2/c16-10-6-11(17)8-12(7-10)19-14(20)9-13(15(19)21)18-4-2-1-3-5-18/h6-8,13H,1-5,9H2/p+1/t13-/m1/s1. The maximum Gasteiger partial charge on any atom is 0.292 e. The second kappa shape index (κ2) is 5.95. The summed E-state index contributed by atoms with van der Waals surface area (Å²) in [6.45, 7) is 1.93. The van der Waals surface area contributed by atoms with Crippen LogP contribution in [0.25, 0.3) is 0 Å². The van der Waals surface area contributed by atoms with Gasteiger partial charge in [-0.1, -0.05) is 23.2 Å². The molecule has 3 rings (SSSR count). The number of nitrogens with one attached hydrogen (secondary N) is 1. The van der Waals surface area contributed by atoms with Crippen molar-refractivity contribution >= 4 is 40.7 Å². The summed E-state index contributed by atoms with van der Waals surface area (Å²) in [5.41, 5.74) is 0.474. The Labute approximate surface area is 133 Å². The summed E-state index contributed by atoms with van der Waals surface area (Å²) in [7, 11) is 0. The Morgan fingerprint density at radius 1 is 1.00 bits per heavy atom. The van der Waals surface area contributed by atoms with Crippen LogP contribution in [-0.4, -0.2) is 30.9 Å². The van der Waals surface area contributed by atoms with E-state index in [9.17, 15) is 9.59 Å². The molecule has 1 atom stereocenters. The van der Waals surface area contributed by atoms with Gasteiger partial charge in [-0.3, -0.25) is 9.59 Å². The molecular formula is C15H17Cl2N2O2+. The van der Waals surface area contributed by atoms with Gasteiger partial charge in [-0.15, -0.1) is 0 Å². The lowest BCUT2D eigenvalue weighted by molar-refractivity contribution is -0.919. The molecule has 2 heterocycles. The molecule has 1 aromatic carbocycles. The lowest BCUT2D eigenvalue weighted by Gasteiger charge is -2.27. The van der Waals surface area contributed by atoms with Gasteiger partial charge < -0.3 is 4.90 Å². The van der Waals surface area contributed by atoms with Crippen molar-refractivity contribution in [3.63, 3.8) is 0 Å². The average molecular weight is 328 g/mol. The topological polar surface area (TPSA) is 41.8 Å². The van der Waals surface area contributed by atoms with Crippen LogP contribution in [0, 0.1) is 0 Å². The molecule has 2 amide bonds. The second-order valence-electron chi connectivity index (χ2n) is 5.67. The van der Waals surface area contributed by atoms with Crippen LogP contribution < -0.4 is 9.80 Å². The largest absolute Gasteiger partial charge is 0.324 e. The Morgan fingerprint density at radius 2 is 1.62 bits per heavy atom. The molecule has 1 aromatic rings. The first-order valence-electron chi connectivity index (χ1n) is 7.24. The number of benzene rings is 1. The van der Waals surface area contributed by atoms with Gasteiger partial charge in [0.2, 0.25) is 5.91 Å². The highest BCUT2D eigenvalue weighted by Gasteiger charge is 2.45. The normalized spacial score (nSPS) is 23.9. The van der Waals surface area contributed by atoms with Gasteiger partial charge in [0, 0.05) is 10.0 Å². The van der Waals surface area contributed by atoms with Crippen molar-refractivity contribution in [2.24, 2.45) is 0 Å². The zero-order chi connectivity index (χ0) is 15.0. The fourth-order valence-electron chi connectivity index (χ4n) is 3.24. The van der Waals surface area contributed by atoms with E-state index in [4.69, 9.17) is 23.2 Å². The molecular weight excluding hydrogens is 311 g/mol. The minimum absolute atomic E-state index is 0.129. The summed E-state index contributed by atoms with van der Waals surface area (Å²) in [5, 5.41) is 0.846. The highest BCUT2D eigenvalue weighted by Crippen LogP contribution is 2.28. The average Bonchev–Trinajstić information content (AvgIpc) is 2.74. The number of carbonyl (C=O) groups is 2. The molecule has 0 saturated carbocycles. The zero-order valence-electron chi connectivity index (χ0n) is 11.6. The lowest BCUT2D eigenvalue weighted by Crippen LogP contribution is -3.17. The van der Waals surface area contributed by atoms with Gasteiger partial charge in [0.05, 0.1) is 25.2 Å². The highest BCUT2D eigenvalue weighted by atomic mass is 35.5. The Hall–Kier alpha value is -1.10. The van der Waals surface area contributed by atoms with E-state index in [1.165, 1.54) is 16.2 Å². The van der Waals surface area contributed by atoms with Crippen LogP contribution in [0.4, 0.5) is 5.69 Å². The van der Waals surface area contributed by atoms with Crippen molar-refractivity contribution in [1.82, 2.24) is 0 Å². The van der Waals surface area contributed by atoms with Gasteiger partial charge in [-0.2, -0.15) is 0 Å². The maximum atomic E-state index is 12.6. The summed E-state index contributed by atoms with van der Waals surface area (Å²) in [6, 6.07) is 4.55. The number of carbonyl (C=O) groups excluding carboxylic acids is 2. The molecule has 0 bridgehead atoms. The third-order valence-corrected chi connectivity index (χ3v) is 4.68. The third-order valence-electron chi connectivity index (χ3n) is 4.24. The van der Waals surface area contributed by atoms with Crippen LogP contribution >= 0.6 is 23.2 Å². The molecule has 0 aliphatic carbocycles. The number of rotatable bonds is 2. The molecule has 2 saturated heterocycles. The van der Waals surface area contributed by atoms with Crippen LogP contribution in [0.2, 0.25) is 10.0 Å². The van der Waals surface area contributed by atoms with E-state index in [2.05, 4.69) is 0 Å². The number of hydrogen-bond donors (Lipinski definition) is 1. The Balaban J connectivity index is 1.86. The zero-order valence-corrected chi connectivity index (χ0v) is 13.1. The van der Waals surface area contributed by atoms with Gasteiger partial charge in [0.15, 0.2) is 6.04 Å². The molecule has 2 fully saturated rings. The molecule has 0 spiro atoms. The summed E-state index contributed by atoms with van der Waals surface area (Å²) >= 11 is 11.9. The molecule has 112 valence electrons. The molecule has 0 aromatic heterocycles. The van der Waals surface area contributed by atoms with E-state index in [0.717, 1.165) is 25.9 Å². The SMILES string of the molecule is O=C1C[C@@H]([NH+]2CCCCC2)C(=O)N1c1cc(Cl)cc(Cl)c1. The minimum Gasteiger partial charge on any atom is -0.324 e. The summed E-state index contributed by atoms with van der Waals surface area (Å²) < 4.78 is 0. The van der Waals surface area contributed by atoms with Gasteiger partial charge >= 0.3 is 0 Å². The maximum absolute atomic E-state index is 12.6. The molecule has 0 radical (unpaired) electrons. The van der Waals surface area contributed by atoms with Gasteiger partial charge in [0.1, 0.15) is 0 Å². The predicted molar refractivity (Wildman–Crippen MR) is 81.9 cm³/mol. The van der Waals surface area contributed by atoms with Crippen LogP contribution in [-0.2, 0) is 9.59 Å². The van der Waals surface area contributed by atoms with Crippen LogP contribution in [0.15, 0.2) is 18.2 Å². The fraction of sp³-hybridized carbons (Fsp3) is 0.467. The van der Waals surface area contributed by atoms with Gasteiger partial charge in [0.25, 0.3) is 5.91 Å². The Bertz CT molecular complexity index is 565. The first kappa shape index (κ1) is 14.8. The molecule has 0 unspecified atom stereocenters. The van der Waals surface area contributed by atoms with E-state index in [1.54, 1.807) is 18.2 Å². The number of anilines is 1. The van der Waals surface area contributed by atoms with Crippen LogP contribution in [0.5, 0.6) is 0 Å². The minimum atomic E-state index is -0.254. The Kier molecular flexibility index (Phi) is 4.20. The number of likely N-dealkylation sites (tertiary alicyclic amines) is 1. The summed E-state index contributed by atoms with van der Waals surface area (Å²) in [5.74, 6) is -0.295. The predicted octanol–water partition coefficient (Wildman–Crippen LogP) is 1.69. The van der Waals surface area contributed by atoms with Crippen molar-refractivity contribution in [3.05, 3.63) is 28.2 Å². The van der Waals surface area contributed by atoms with Crippen molar-refractivity contribution < 1.29 is 14.5 Å². The van der Waals surface area contributed by atoms with E-state index in [0.29, 0.717) is 15.7 Å². The van der Waals surface area contributed by atoms with Gasteiger partial charge in [-0.05, 0) is 37.5 Å². The summed E-state index contributed by atoms with van der Waals surface area (Å²) in [6.07, 6.45) is 3.73. The van der Waals surface area contributed by atoms with Crippen LogP contribution in [0.3, 0.4) is 0 Å². The third kappa shape index (κ3) is 2.93. The molecule has 2 aliphatic heterocycles. The van der Waals surface area contributed by atoms with Gasteiger partial charge in [-0.25, -0.2) is 4.90 Å². The van der Waals surface area contributed by atoms with Crippen LogP contribution in [0.1, 0.15) is 25.7 Å². The van der Waals surface area contributed by atoms with E-state index in [-0.39, 0.29) is 24.3 Å². The molecule has 4 nitrogen and oxygen atoms in total. The Morgan fingerprint density at radius 3 is 2.24 bits per heavy atom. The number of imide groups is 1. The highest BCUT2D eigenvalue weighted by molar-refractivity contribution is 6.35. The van der Waals surface area contributed by atoms with E-state index < -0.39 is 0 Å². The number of halogens is 2. The van der Waals surface area contributed by atoms with Crippen molar-refractivity contribution in [2.75, 3.05) is 18.0 Å². The smallest absolute Gasteiger partial charge is 0.292 e. The molecule has 2 aliphatic rings. The second-order valence-corrected chi connectivity index (χ2v) is 6.54. The molecule has 21 heavy (non-hydrogen) atoms.